The van der Waals surface area contributed by atoms with E-state index < -0.39 is 11.7 Å². The lowest BCUT2D eigenvalue weighted by Crippen LogP contribution is -2.45. The maximum atomic E-state index is 14.3. The fraction of sp³-hybridized carbons (Fsp3) is 0.318. The third-order valence-electron chi connectivity index (χ3n) is 5.48. The van der Waals surface area contributed by atoms with Crippen LogP contribution in [0, 0.1) is 18.2 Å². The number of hydrogen-bond acceptors (Lipinski definition) is 6. The molecule has 0 spiro atoms. The summed E-state index contributed by atoms with van der Waals surface area (Å²) in [4.78, 5) is 21.6. The Labute approximate surface area is 180 Å². The molecule has 4 rings (SSSR count). The van der Waals surface area contributed by atoms with Crippen LogP contribution in [0.4, 0.5) is 10.1 Å². The predicted octanol–water partition coefficient (Wildman–Crippen LogP) is 1.91. The molecule has 0 bridgehead atoms. The highest BCUT2D eigenvalue weighted by atomic mass is 19.1. The Balaban J connectivity index is 1.60. The molecule has 0 unspecified atom stereocenters. The zero-order valence-corrected chi connectivity index (χ0v) is 17.9. The van der Waals surface area contributed by atoms with Crippen LogP contribution < -0.4 is 10.6 Å². The van der Waals surface area contributed by atoms with Crippen LogP contribution in [0.2, 0.25) is 0 Å². The molecule has 1 saturated heterocycles. The molecule has 162 valence electrons. The number of imidazole rings is 1. The van der Waals surface area contributed by atoms with E-state index in [0.29, 0.717) is 17.0 Å². The number of likely N-dealkylation sites (N-methyl/N-ethyl adjacent to an activating group) is 1. The Morgan fingerprint density at radius 1 is 1.23 bits per heavy atom. The number of hydrogen-bond donors (Lipinski definition) is 3. The number of allylic oxidation sites excluding steroid dienone is 3. The SMILES string of the molecule is CN/C=C1\C(=N)C(C(=O)Nc2cc(F)c3nc(C)cn3c2)=CC=C1N1CCN(C)CC1. The summed E-state index contributed by atoms with van der Waals surface area (Å²) >= 11 is 0. The lowest BCUT2D eigenvalue weighted by atomic mass is 9.93. The average Bonchev–Trinajstić information content (AvgIpc) is 3.11. The van der Waals surface area contributed by atoms with Crippen molar-refractivity contribution in [1.29, 1.82) is 5.41 Å². The van der Waals surface area contributed by atoms with Crippen molar-refractivity contribution >= 4 is 23.0 Å². The first-order valence-electron chi connectivity index (χ1n) is 10.2. The van der Waals surface area contributed by atoms with E-state index >= 15 is 0 Å². The minimum absolute atomic E-state index is 0.128. The van der Waals surface area contributed by atoms with Gasteiger partial charge in [-0.05, 0) is 26.1 Å². The number of pyridine rings is 1. The summed E-state index contributed by atoms with van der Waals surface area (Å²) in [5.74, 6) is -0.983. The number of aromatic nitrogens is 2. The van der Waals surface area contributed by atoms with Crippen LogP contribution in [0.1, 0.15) is 5.69 Å². The lowest BCUT2D eigenvalue weighted by Gasteiger charge is -2.37. The molecule has 0 saturated carbocycles. The number of amides is 1. The van der Waals surface area contributed by atoms with Gasteiger partial charge in [-0.3, -0.25) is 10.2 Å². The van der Waals surface area contributed by atoms with E-state index in [0.717, 1.165) is 31.9 Å². The molecular formula is C22H26FN7O. The Hall–Kier alpha value is -3.46. The first-order chi connectivity index (χ1) is 14.9. The normalized spacial score (nSPS) is 18.9. The summed E-state index contributed by atoms with van der Waals surface area (Å²) in [6.45, 7) is 5.37. The first-order valence-corrected chi connectivity index (χ1v) is 10.2. The van der Waals surface area contributed by atoms with E-state index in [1.807, 2.05) is 6.08 Å². The second kappa shape index (κ2) is 8.35. The van der Waals surface area contributed by atoms with E-state index in [9.17, 15) is 9.18 Å². The second-order valence-electron chi connectivity index (χ2n) is 7.79. The molecule has 2 aliphatic rings. The van der Waals surface area contributed by atoms with Gasteiger partial charge in [0.2, 0.25) is 0 Å². The summed E-state index contributed by atoms with van der Waals surface area (Å²) < 4.78 is 15.9. The van der Waals surface area contributed by atoms with Gasteiger partial charge in [-0.1, -0.05) is 0 Å². The van der Waals surface area contributed by atoms with Gasteiger partial charge < -0.3 is 24.8 Å². The number of nitrogens with one attached hydrogen (secondary N) is 3. The largest absolute Gasteiger partial charge is 0.393 e. The van der Waals surface area contributed by atoms with Gasteiger partial charge in [0.25, 0.3) is 5.91 Å². The van der Waals surface area contributed by atoms with E-state index in [2.05, 4.69) is 32.5 Å². The minimum atomic E-state index is -0.522. The second-order valence-corrected chi connectivity index (χ2v) is 7.79. The fourth-order valence-corrected chi connectivity index (χ4v) is 3.86. The van der Waals surface area contributed by atoms with Gasteiger partial charge in [0.05, 0.1) is 22.7 Å². The number of carbonyl (C=O) groups is 1. The van der Waals surface area contributed by atoms with Gasteiger partial charge >= 0.3 is 0 Å². The summed E-state index contributed by atoms with van der Waals surface area (Å²) in [5.41, 5.74) is 3.12. The minimum Gasteiger partial charge on any atom is -0.393 e. The molecule has 1 fully saturated rings. The number of nitrogens with zero attached hydrogens (tertiary/aromatic N) is 4. The monoisotopic (exact) mass is 423 g/mol. The van der Waals surface area contributed by atoms with Crippen molar-refractivity contribution in [1.82, 2.24) is 24.5 Å². The standard InChI is InChI=1S/C22H26FN7O/c1-14-12-30-13-15(10-18(23)21(30)26-14)27-22(31)16-4-5-19(17(11-25-2)20(16)24)29-8-6-28(3)7-9-29/h4-5,10-13,24-25H,6-9H2,1-3H3,(H,27,31)/b17-11-,24-20?. The molecule has 3 heterocycles. The summed E-state index contributed by atoms with van der Waals surface area (Å²) in [6.07, 6.45) is 8.58. The number of aryl methyl sites for hydroxylation is 1. The molecule has 2 aromatic rings. The summed E-state index contributed by atoms with van der Waals surface area (Å²) in [6, 6.07) is 1.24. The van der Waals surface area contributed by atoms with Crippen molar-refractivity contribution in [3.8, 4) is 0 Å². The predicted molar refractivity (Wildman–Crippen MR) is 119 cm³/mol. The van der Waals surface area contributed by atoms with Crippen molar-refractivity contribution in [2.45, 2.75) is 6.92 Å². The molecule has 0 aromatic carbocycles. The van der Waals surface area contributed by atoms with Gasteiger partial charge in [-0.15, -0.1) is 0 Å². The topological polar surface area (TPSA) is 88.8 Å². The fourth-order valence-electron chi connectivity index (χ4n) is 3.86. The van der Waals surface area contributed by atoms with Gasteiger partial charge in [0.1, 0.15) is 0 Å². The lowest BCUT2D eigenvalue weighted by molar-refractivity contribution is -0.112. The van der Waals surface area contributed by atoms with Crippen LogP contribution in [0.25, 0.3) is 5.65 Å². The highest BCUT2D eigenvalue weighted by molar-refractivity contribution is 6.31. The molecule has 0 radical (unpaired) electrons. The molecule has 0 atom stereocenters. The maximum absolute atomic E-state index is 14.3. The highest BCUT2D eigenvalue weighted by Crippen LogP contribution is 2.26. The van der Waals surface area contributed by atoms with Crippen LogP contribution in [0.5, 0.6) is 0 Å². The van der Waals surface area contributed by atoms with Crippen LogP contribution in [0.15, 0.2) is 53.7 Å². The maximum Gasteiger partial charge on any atom is 0.257 e. The molecule has 8 nitrogen and oxygen atoms in total. The molecule has 1 amide bonds. The number of rotatable bonds is 4. The molecular weight excluding hydrogens is 397 g/mol. The molecule has 9 heteroatoms. The van der Waals surface area contributed by atoms with E-state index in [-0.39, 0.29) is 16.9 Å². The van der Waals surface area contributed by atoms with Crippen molar-refractivity contribution in [2.24, 2.45) is 0 Å². The molecule has 1 aliphatic heterocycles. The summed E-state index contributed by atoms with van der Waals surface area (Å²) in [5, 5.41) is 14.4. The third-order valence-corrected chi connectivity index (χ3v) is 5.48. The van der Waals surface area contributed by atoms with Crippen molar-refractivity contribution in [2.75, 3.05) is 45.6 Å². The summed E-state index contributed by atoms with van der Waals surface area (Å²) in [7, 11) is 3.86. The number of halogens is 1. The molecule has 31 heavy (non-hydrogen) atoms. The van der Waals surface area contributed by atoms with Crippen LogP contribution >= 0.6 is 0 Å². The van der Waals surface area contributed by atoms with Crippen LogP contribution in [-0.4, -0.2) is 71.1 Å². The average molecular weight is 423 g/mol. The zero-order valence-electron chi connectivity index (χ0n) is 17.9. The number of piperazine rings is 1. The van der Waals surface area contributed by atoms with Crippen LogP contribution in [0.3, 0.4) is 0 Å². The van der Waals surface area contributed by atoms with Gasteiger partial charge in [0.15, 0.2) is 11.5 Å². The van der Waals surface area contributed by atoms with Gasteiger partial charge in [-0.2, -0.15) is 0 Å². The Bertz CT molecular complexity index is 1140. The van der Waals surface area contributed by atoms with E-state index in [4.69, 9.17) is 5.41 Å². The molecule has 3 N–H and O–H groups in total. The highest BCUT2D eigenvalue weighted by Gasteiger charge is 2.28. The number of fused-ring (bicyclic) bond motifs is 1. The van der Waals surface area contributed by atoms with E-state index in [1.54, 1.807) is 43.0 Å². The first kappa shape index (κ1) is 20.8. The van der Waals surface area contributed by atoms with Crippen LogP contribution in [-0.2, 0) is 4.79 Å². The molecule has 2 aromatic heterocycles. The van der Waals surface area contributed by atoms with Crippen molar-refractivity contribution in [3.05, 3.63) is 65.2 Å². The smallest absolute Gasteiger partial charge is 0.257 e. The van der Waals surface area contributed by atoms with Gasteiger partial charge in [0, 0.05) is 69.2 Å². The van der Waals surface area contributed by atoms with Crippen molar-refractivity contribution < 1.29 is 9.18 Å². The van der Waals surface area contributed by atoms with E-state index in [1.165, 1.54) is 6.07 Å². The Morgan fingerprint density at radius 3 is 2.68 bits per heavy atom. The third kappa shape index (κ3) is 4.09. The number of anilines is 1. The Kier molecular flexibility index (Phi) is 5.60. The molecule has 1 aliphatic carbocycles. The quantitative estimate of drug-likeness (QED) is 0.699. The van der Waals surface area contributed by atoms with Crippen molar-refractivity contribution in [3.63, 3.8) is 0 Å². The Morgan fingerprint density at radius 2 is 1.97 bits per heavy atom. The van der Waals surface area contributed by atoms with Gasteiger partial charge in [-0.25, -0.2) is 9.37 Å². The number of carbonyl (C=O) groups excluding carboxylic acids is 1. The zero-order chi connectivity index (χ0) is 22.1.